The molecule has 0 atom stereocenters. The first-order valence-electron chi connectivity index (χ1n) is 13.3. The van der Waals surface area contributed by atoms with Crippen LogP contribution in [0.15, 0.2) is 71.5 Å². The van der Waals surface area contributed by atoms with Crippen LogP contribution < -0.4 is 5.73 Å². The number of carbonyl (C=O) groups is 1. The summed E-state index contributed by atoms with van der Waals surface area (Å²) in [7, 11) is 1.59. The maximum Gasteiger partial charge on any atom is 0.225 e. The SMILES string of the molecule is CO/N=C(\c1ccc(C2=C=C=CC=C2)cc1)C1CCN(C(=O)C2CCN(Cc3cnc(N)nc3)CC2)CC1. The van der Waals surface area contributed by atoms with E-state index < -0.39 is 0 Å². The van der Waals surface area contributed by atoms with Gasteiger partial charge in [0, 0.05) is 55.0 Å². The molecule has 2 aliphatic heterocycles. The van der Waals surface area contributed by atoms with Crippen LogP contribution in [0, 0.1) is 11.8 Å². The molecule has 1 aromatic heterocycles. The molecule has 196 valence electrons. The second-order valence-corrected chi connectivity index (χ2v) is 10.0. The number of nitrogens with zero attached hydrogens (tertiary/aromatic N) is 5. The van der Waals surface area contributed by atoms with Gasteiger partial charge in [-0.05, 0) is 62.1 Å². The summed E-state index contributed by atoms with van der Waals surface area (Å²) in [5, 5.41) is 4.41. The second-order valence-electron chi connectivity index (χ2n) is 10.0. The van der Waals surface area contributed by atoms with E-state index in [0.29, 0.717) is 11.9 Å². The highest BCUT2D eigenvalue weighted by Gasteiger charge is 2.32. The molecular formula is C30H34N6O2. The van der Waals surface area contributed by atoms with Gasteiger partial charge in [0.1, 0.15) is 7.11 Å². The third-order valence-corrected chi connectivity index (χ3v) is 7.59. The van der Waals surface area contributed by atoms with Crippen LogP contribution in [0.3, 0.4) is 0 Å². The van der Waals surface area contributed by atoms with Gasteiger partial charge in [-0.25, -0.2) is 9.97 Å². The monoisotopic (exact) mass is 510 g/mol. The number of anilines is 1. The van der Waals surface area contributed by atoms with E-state index >= 15 is 0 Å². The van der Waals surface area contributed by atoms with Gasteiger partial charge in [-0.3, -0.25) is 9.69 Å². The Labute approximate surface area is 223 Å². The van der Waals surface area contributed by atoms with Gasteiger partial charge in [0.15, 0.2) is 0 Å². The number of nitrogens with two attached hydrogens (primary N) is 1. The van der Waals surface area contributed by atoms with Crippen molar-refractivity contribution in [1.82, 2.24) is 19.8 Å². The van der Waals surface area contributed by atoms with Crippen LogP contribution in [0.5, 0.6) is 0 Å². The number of hydrogen-bond donors (Lipinski definition) is 1. The first-order valence-corrected chi connectivity index (χ1v) is 13.3. The fourth-order valence-corrected chi connectivity index (χ4v) is 5.48. The van der Waals surface area contributed by atoms with Crippen LogP contribution in [0.25, 0.3) is 5.57 Å². The van der Waals surface area contributed by atoms with E-state index in [1.807, 2.05) is 18.2 Å². The number of benzene rings is 1. The molecule has 0 saturated carbocycles. The van der Waals surface area contributed by atoms with Crippen molar-refractivity contribution in [1.29, 1.82) is 0 Å². The summed E-state index contributed by atoms with van der Waals surface area (Å²) in [5.74, 6) is 0.938. The average Bonchev–Trinajstić information content (AvgIpc) is 2.98. The molecule has 2 fully saturated rings. The summed E-state index contributed by atoms with van der Waals surface area (Å²) >= 11 is 0. The number of nitrogen functional groups attached to an aromatic ring is 1. The maximum absolute atomic E-state index is 13.3. The van der Waals surface area contributed by atoms with Crippen molar-refractivity contribution in [3.8, 4) is 0 Å². The van der Waals surface area contributed by atoms with Crippen molar-refractivity contribution in [2.75, 3.05) is 39.0 Å². The standard InChI is InChI=1S/C30H34N6O2/c1-38-34-28(25-9-7-24(8-10-25)23-5-3-2-4-6-23)26-13-17-36(18-14-26)29(37)27-11-15-35(16-12-27)21-22-19-32-30(31)33-20-22/h2-3,5,7-10,19-20,26-27H,11-18,21H2,1H3,(H2,31,32,33)/b34-28+. The maximum atomic E-state index is 13.3. The Balaban J connectivity index is 1.14. The molecule has 1 amide bonds. The summed E-state index contributed by atoms with van der Waals surface area (Å²) in [6.07, 6.45) is 12.9. The zero-order chi connectivity index (χ0) is 26.3. The van der Waals surface area contributed by atoms with Crippen molar-refractivity contribution < 1.29 is 9.63 Å². The Morgan fingerprint density at radius 2 is 1.74 bits per heavy atom. The molecule has 1 aromatic carbocycles. The molecule has 0 unspecified atom stereocenters. The van der Waals surface area contributed by atoms with Crippen molar-refractivity contribution in [2.24, 2.45) is 17.0 Å². The van der Waals surface area contributed by atoms with Crippen molar-refractivity contribution in [3.05, 3.63) is 83.0 Å². The van der Waals surface area contributed by atoms with E-state index in [1.165, 1.54) is 0 Å². The van der Waals surface area contributed by atoms with Crippen LogP contribution >= 0.6 is 0 Å². The molecule has 1 aliphatic carbocycles. The van der Waals surface area contributed by atoms with E-state index in [4.69, 9.17) is 10.6 Å². The Hall–Kier alpha value is -3.96. The normalized spacial score (nSPS) is 19.0. The number of rotatable bonds is 7. The van der Waals surface area contributed by atoms with Gasteiger partial charge < -0.3 is 15.5 Å². The molecule has 2 N–H and O–H groups in total. The van der Waals surface area contributed by atoms with Gasteiger partial charge in [0.05, 0.1) is 5.71 Å². The molecule has 3 aliphatic rings. The predicted molar refractivity (Wildman–Crippen MR) is 148 cm³/mol. The molecule has 2 aromatic rings. The van der Waals surface area contributed by atoms with E-state index in [0.717, 1.165) is 86.4 Å². The first kappa shape index (κ1) is 25.7. The molecule has 3 heterocycles. The third-order valence-electron chi connectivity index (χ3n) is 7.59. The van der Waals surface area contributed by atoms with Crippen LogP contribution in [-0.2, 0) is 16.2 Å². The lowest BCUT2D eigenvalue weighted by molar-refractivity contribution is -0.138. The first-order chi connectivity index (χ1) is 18.6. The quantitative estimate of drug-likeness (QED) is 0.346. The summed E-state index contributed by atoms with van der Waals surface area (Å²) in [6, 6.07) is 8.36. The topological polar surface area (TPSA) is 96.9 Å². The fraction of sp³-hybridized carbons (Fsp3) is 0.400. The highest BCUT2D eigenvalue weighted by atomic mass is 16.6. The molecule has 5 rings (SSSR count). The largest absolute Gasteiger partial charge is 0.399 e. The van der Waals surface area contributed by atoms with Crippen molar-refractivity contribution in [3.63, 3.8) is 0 Å². The molecule has 8 nitrogen and oxygen atoms in total. The number of carbonyl (C=O) groups excluding carboxylic acids is 1. The molecular weight excluding hydrogens is 476 g/mol. The summed E-state index contributed by atoms with van der Waals surface area (Å²) in [6.45, 7) is 4.09. The van der Waals surface area contributed by atoms with Gasteiger partial charge in [-0.1, -0.05) is 47.0 Å². The molecule has 38 heavy (non-hydrogen) atoms. The number of oxime groups is 1. The van der Waals surface area contributed by atoms with Gasteiger partial charge in [0.2, 0.25) is 11.9 Å². The van der Waals surface area contributed by atoms with E-state index in [9.17, 15) is 4.79 Å². The predicted octanol–water partition coefficient (Wildman–Crippen LogP) is 3.82. The molecule has 0 radical (unpaired) electrons. The molecule has 8 heteroatoms. The number of amides is 1. The van der Waals surface area contributed by atoms with Crippen LogP contribution in [0.2, 0.25) is 0 Å². The Bertz CT molecular complexity index is 1290. The summed E-state index contributed by atoms with van der Waals surface area (Å²) in [5.41, 5.74) is 16.9. The third kappa shape index (κ3) is 6.12. The Morgan fingerprint density at radius 3 is 2.37 bits per heavy atom. The van der Waals surface area contributed by atoms with Gasteiger partial charge in [-0.15, -0.1) is 0 Å². The van der Waals surface area contributed by atoms with Gasteiger partial charge in [0.25, 0.3) is 0 Å². The number of likely N-dealkylation sites (tertiary alicyclic amines) is 2. The van der Waals surface area contributed by atoms with Crippen LogP contribution in [0.4, 0.5) is 5.95 Å². The zero-order valence-corrected chi connectivity index (χ0v) is 21.8. The highest BCUT2D eigenvalue weighted by Crippen LogP contribution is 2.28. The lowest BCUT2D eigenvalue weighted by Gasteiger charge is -2.37. The van der Waals surface area contributed by atoms with Crippen molar-refractivity contribution >= 4 is 23.1 Å². The second kappa shape index (κ2) is 12.1. The zero-order valence-electron chi connectivity index (χ0n) is 21.8. The van der Waals surface area contributed by atoms with Crippen LogP contribution in [0.1, 0.15) is 42.4 Å². The Kier molecular flexibility index (Phi) is 8.15. The lowest BCUT2D eigenvalue weighted by atomic mass is 9.86. The smallest absolute Gasteiger partial charge is 0.225 e. The number of allylic oxidation sites excluding steroid dienone is 4. The van der Waals surface area contributed by atoms with E-state index in [1.54, 1.807) is 19.5 Å². The minimum Gasteiger partial charge on any atom is -0.399 e. The number of aromatic nitrogens is 2. The van der Waals surface area contributed by atoms with Crippen LogP contribution in [-0.4, -0.2) is 64.7 Å². The number of hydrogen-bond acceptors (Lipinski definition) is 7. The van der Waals surface area contributed by atoms with Gasteiger partial charge >= 0.3 is 0 Å². The molecule has 0 spiro atoms. The van der Waals surface area contributed by atoms with E-state index in [-0.39, 0.29) is 11.8 Å². The summed E-state index contributed by atoms with van der Waals surface area (Å²) in [4.78, 5) is 31.1. The summed E-state index contributed by atoms with van der Waals surface area (Å²) < 4.78 is 0. The minimum absolute atomic E-state index is 0.0946. The van der Waals surface area contributed by atoms with Crippen molar-refractivity contribution in [2.45, 2.75) is 32.2 Å². The van der Waals surface area contributed by atoms with E-state index in [2.05, 4.69) is 60.7 Å². The minimum atomic E-state index is 0.0946. The number of piperidine rings is 2. The van der Waals surface area contributed by atoms with Gasteiger partial charge in [-0.2, -0.15) is 0 Å². The fourth-order valence-electron chi connectivity index (χ4n) is 5.48. The Morgan fingerprint density at radius 1 is 1.05 bits per heavy atom. The average molecular weight is 511 g/mol. The lowest BCUT2D eigenvalue weighted by Crippen LogP contribution is -2.46. The highest BCUT2D eigenvalue weighted by molar-refractivity contribution is 6.02. The molecule has 0 bridgehead atoms. The molecule has 2 saturated heterocycles.